The molecule has 0 saturated carbocycles. The second-order valence-corrected chi connectivity index (χ2v) is 4.14. The molecule has 1 rings (SSSR count). The Balaban J connectivity index is 2.66. The third-order valence-corrected chi connectivity index (χ3v) is 2.52. The molecule has 112 valence electrons. The molecule has 0 saturated heterocycles. The third kappa shape index (κ3) is 5.38. The number of carbonyl (C=O) groups excluding carboxylic acids is 1. The first kappa shape index (κ1) is 16.1. The summed E-state index contributed by atoms with van der Waals surface area (Å²) < 4.78 is 16.0. The molecular weight excluding hydrogens is 258 g/mol. The number of rotatable bonds is 8. The molecule has 0 aromatic heterocycles. The maximum absolute atomic E-state index is 11.6. The van der Waals surface area contributed by atoms with Crippen LogP contribution in [-0.2, 0) is 4.74 Å². The number of hydrogen-bond acceptors (Lipinski definition) is 4. The van der Waals surface area contributed by atoms with Gasteiger partial charge in [-0.1, -0.05) is 13.3 Å². The lowest BCUT2D eigenvalue weighted by molar-refractivity contribution is 0.160. The van der Waals surface area contributed by atoms with E-state index in [1.54, 1.807) is 18.2 Å². The number of anilines is 1. The molecule has 0 radical (unpaired) electrons. The van der Waals surface area contributed by atoms with Crippen molar-refractivity contribution in [3.05, 3.63) is 18.2 Å². The summed E-state index contributed by atoms with van der Waals surface area (Å²) in [5.41, 5.74) is 0.624. The molecule has 1 aromatic carbocycles. The zero-order valence-electron chi connectivity index (χ0n) is 12.4. The van der Waals surface area contributed by atoms with Gasteiger partial charge in [-0.15, -0.1) is 0 Å². The summed E-state index contributed by atoms with van der Waals surface area (Å²) in [5.74, 6) is 1.28. The lowest BCUT2D eigenvalue weighted by atomic mass is 10.2. The quantitative estimate of drug-likeness (QED) is 0.736. The fourth-order valence-corrected chi connectivity index (χ4v) is 1.59. The zero-order chi connectivity index (χ0) is 14.8. The summed E-state index contributed by atoms with van der Waals surface area (Å²) in [6, 6.07) is 5.26. The fraction of sp³-hybridized carbons (Fsp3) is 0.533. The van der Waals surface area contributed by atoms with E-state index in [4.69, 9.17) is 14.2 Å². The zero-order valence-corrected chi connectivity index (χ0v) is 12.4. The molecule has 0 unspecified atom stereocenters. The molecule has 1 aromatic rings. The highest BCUT2D eigenvalue weighted by molar-refractivity contribution is 5.85. The van der Waals surface area contributed by atoms with Crippen LogP contribution in [0.1, 0.15) is 33.6 Å². The Morgan fingerprint density at radius 3 is 2.45 bits per heavy atom. The maximum atomic E-state index is 11.6. The van der Waals surface area contributed by atoms with Gasteiger partial charge < -0.3 is 14.2 Å². The number of carbonyl (C=O) groups is 1. The average molecular weight is 281 g/mol. The van der Waals surface area contributed by atoms with Gasteiger partial charge in [0.05, 0.1) is 19.8 Å². The number of benzene rings is 1. The van der Waals surface area contributed by atoms with Gasteiger partial charge in [0.2, 0.25) is 0 Å². The van der Waals surface area contributed by atoms with Gasteiger partial charge in [-0.25, -0.2) is 4.79 Å². The molecule has 0 spiro atoms. The van der Waals surface area contributed by atoms with E-state index in [9.17, 15) is 4.79 Å². The van der Waals surface area contributed by atoms with E-state index in [-0.39, 0.29) is 0 Å². The van der Waals surface area contributed by atoms with Crippen molar-refractivity contribution in [1.29, 1.82) is 0 Å². The van der Waals surface area contributed by atoms with E-state index in [1.165, 1.54) is 0 Å². The van der Waals surface area contributed by atoms with Gasteiger partial charge in [-0.05, 0) is 32.4 Å². The number of hydrogen-bond donors (Lipinski definition) is 1. The first-order valence-corrected chi connectivity index (χ1v) is 7.04. The van der Waals surface area contributed by atoms with Crippen LogP contribution in [-0.4, -0.2) is 25.9 Å². The molecule has 0 aliphatic carbocycles. The first-order valence-electron chi connectivity index (χ1n) is 7.04. The van der Waals surface area contributed by atoms with Crippen molar-refractivity contribution in [2.75, 3.05) is 25.1 Å². The van der Waals surface area contributed by atoms with Gasteiger partial charge in [0.25, 0.3) is 0 Å². The smallest absolute Gasteiger partial charge is 0.411 e. The van der Waals surface area contributed by atoms with Gasteiger partial charge in [-0.3, -0.25) is 5.32 Å². The van der Waals surface area contributed by atoms with Crippen LogP contribution in [0.3, 0.4) is 0 Å². The maximum Gasteiger partial charge on any atom is 0.411 e. The molecule has 1 N–H and O–H groups in total. The molecule has 0 bridgehead atoms. The standard InChI is InChI=1S/C15H23NO4/c1-4-7-10-20-15(17)16-12-8-9-13(18-5-2)14(11-12)19-6-3/h8-9,11H,4-7,10H2,1-3H3,(H,16,17). The van der Waals surface area contributed by atoms with E-state index in [2.05, 4.69) is 5.32 Å². The van der Waals surface area contributed by atoms with E-state index < -0.39 is 6.09 Å². The van der Waals surface area contributed by atoms with Gasteiger partial charge in [0.1, 0.15) is 0 Å². The van der Waals surface area contributed by atoms with Crippen LogP contribution >= 0.6 is 0 Å². The normalized spacial score (nSPS) is 9.95. The Hall–Kier alpha value is -1.91. The predicted octanol–water partition coefficient (Wildman–Crippen LogP) is 3.83. The van der Waals surface area contributed by atoms with Crippen LogP contribution < -0.4 is 14.8 Å². The molecule has 0 atom stereocenters. The van der Waals surface area contributed by atoms with Crippen molar-refractivity contribution in [2.24, 2.45) is 0 Å². The molecule has 1 amide bonds. The Morgan fingerprint density at radius 1 is 1.10 bits per heavy atom. The van der Waals surface area contributed by atoms with E-state index in [0.29, 0.717) is 37.0 Å². The number of unbranched alkanes of at least 4 members (excludes halogenated alkanes) is 1. The van der Waals surface area contributed by atoms with Gasteiger partial charge >= 0.3 is 6.09 Å². The summed E-state index contributed by atoms with van der Waals surface area (Å²) >= 11 is 0. The molecule has 0 aliphatic heterocycles. The summed E-state index contributed by atoms with van der Waals surface area (Å²) in [6.07, 6.45) is 1.40. The van der Waals surface area contributed by atoms with Crippen LogP contribution in [0.5, 0.6) is 11.5 Å². The Kier molecular flexibility index (Phi) is 7.32. The molecule has 20 heavy (non-hydrogen) atoms. The van der Waals surface area contributed by atoms with Crippen molar-refractivity contribution in [3.8, 4) is 11.5 Å². The lowest BCUT2D eigenvalue weighted by Crippen LogP contribution is -2.14. The lowest BCUT2D eigenvalue weighted by Gasteiger charge is -2.13. The van der Waals surface area contributed by atoms with Crippen LogP contribution in [0.4, 0.5) is 10.5 Å². The third-order valence-electron chi connectivity index (χ3n) is 2.52. The van der Waals surface area contributed by atoms with E-state index in [0.717, 1.165) is 12.8 Å². The van der Waals surface area contributed by atoms with Crippen LogP contribution in [0.2, 0.25) is 0 Å². The van der Waals surface area contributed by atoms with Gasteiger partial charge in [0.15, 0.2) is 11.5 Å². The number of amides is 1. The minimum atomic E-state index is -0.454. The highest BCUT2D eigenvalue weighted by atomic mass is 16.5. The van der Waals surface area contributed by atoms with Crippen molar-refractivity contribution in [2.45, 2.75) is 33.6 Å². The first-order chi connectivity index (χ1) is 9.71. The molecular formula is C15H23NO4. The van der Waals surface area contributed by atoms with Crippen molar-refractivity contribution in [1.82, 2.24) is 0 Å². The minimum Gasteiger partial charge on any atom is -0.490 e. The van der Waals surface area contributed by atoms with Crippen LogP contribution in [0.25, 0.3) is 0 Å². The highest BCUT2D eigenvalue weighted by Crippen LogP contribution is 2.30. The molecule has 0 fully saturated rings. The average Bonchev–Trinajstić information content (AvgIpc) is 2.42. The van der Waals surface area contributed by atoms with Gasteiger partial charge in [0, 0.05) is 11.8 Å². The fourth-order valence-electron chi connectivity index (χ4n) is 1.59. The summed E-state index contributed by atoms with van der Waals surface area (Å²) in [5, 5.41) is 2.67. The Bertz CT molecular complexity index is 420. The SMILES string of the molecule is CCCCOC(=O)Nc1ccc(OCC)c(OCC)c1. The van der Waals surface area contributed by atoms with Crippen molar-refractivity contribution >= 4 is 11.8 Å². The molecule has 5 heteroatoms. The second kappa shape index (κ2) is 9.07. The highest BCUT2D eigenvalue weighted by Gasteiger charge is 2.08. The van der Waals surface area contributed by atoms with Crippen LogP contribution in [0.15, 0.2) is 18.2 Å². The topological polar surface area (TPSA) is 56.8 Å². The monoisotopic (exact) mass is 281 g/mol. The molecule has 5 nitrogen and oxygen atoms in total. The van der Waals surface area contributed by atoms with E-state index in [1.807, 2.05) is 20.8 Å². The number of ether oxygens (including phenoxy) is 3. The van der Waals surface area contributed by atoms with Crippen molar-refractivity contribution in [3.63, 3.8) is 0 Å². The summed E-state index contributed by atoms with van der Waals surface area (Å²) in [6.45, 7) is 7.37. The molecule has 0 aliphatic rings. The predicted molar refractivity (Wildman–Crippen MR) is 78.7 cm³/mol. The van der Waals surface area contributed by atoms with Crippen molar-refractivity contribution < 1.29 is 19.0 Å². The summed E-state index contributed by atoms with van der Waals surface area (Å²) in [4.78, 5) is 11.6. The van der Waals surface area contributed by atoms with E-state index >= 15 is 0 Å². The Labute approximate surface area is 120 Å². The largest absolute Gasteiger partial charge is 0.490 e. The van der Waals surface area contributed by atoms with Crippen LogP contribution in [0, 0.1) is 0 Å². The summed E-state index contributed by atoms with van der Waals surface area (Å²) in [7, 11) is 0. The Morgan fingerprint density at radius 2 is 1.80 bits per heavy atom. The minimum absolute atomic E-state index is 0.428. The van der Waals surface area contributed by atoms with Gasteiger partial charge in [-0.2, -0.15) is 0 Å². The number of nitrogens with one attached hydrogen (secondary N) is 1. The molecule has 0 heterocycles. The second-order valence-electron chi connectivity index (χ2n) is 4.14.